The van der Waals surface area contributed by atoms with Crippen molar-refractivity contribution in [3.8, 4) is 0 Å². The average Bonchev–Trinajstić information content (AvgIpc) is 2.43. The van der Waals surface area contributed by atoms with Crippen molar-refractivity contribution in [2.75, 3.05) is 0 Å². The summed E-state index contributed by atoms with van der Waals surface area (Å²) in [6.45, 7) is 4.21. The normalized spacial score (nSPS) is 10.6. The number of fused-ring (bicyclic) bond motifs is 1. The molecule has 0 aliphatic rings. The lowest BCUT2D eigenvalue weighted by molar-refractivity contribution is 0.842. The smallest absolute Gasteiger partial charge is 0.295 e. The Morgan fingerprint density at radius 3 is 3.07 bits per heavy atom. The lowest BCUT2D eigenvalue weighted by Gasteiger charge is -1.98. The van der Waals surface area contributed by atoms with E-state index in [1.54, 1.807) is 10.6 Å². The second kappa shape index (κ2) is 3.71. The minimum atomic E-state index is 0.0676. The zero-order valence-corrected chi connectivity index (χ0v) is 9.77. The Morgan fingerprint density at radius 1 is 1.57 bits per heavy atom. The van der Waals surface area contributed by atoms with E-state index >= 15 is 0 Å². The van der Waals surface area contributed by atoms with Crippen LogP contribution in [-0.2, 0) is 6.54 Å². The highest BCUT2D eigenvalue weighted by Crippen LogP contribution is 2.21. The summed E-state index contributed by atoms with van der Waals surface area (Å²) in [6.07, 6.45) is 1.73. The van der Waals surface area contributed by atoms with Crippen LogP contribution in [0.15, 0.2) is 40.1 Å². The van der Waals surface area contributed by atoms with Crippen LogP contribution in [0.1, 0.15) is 0 Å². The van der Waals surface area contributed by atoms with Gasteiger partial charge in [-0.05, 0) is 18.2 Å². The first-order chi connectivity index (χ1) is 6.72. The molecule has 0 saturated carbocycles. The molecule has 4 heteroatoms. The van der Waals surface area contributed by atoms with Crippen LogP contribution in [0.25, 0.3) is 10.2 Å². The van der Waals surface area contributed by atoms with E-state index in [9.17, 15) is 4.79 Å². The van der Waals surface area contributed by atoms with Crippen LogP contribution in [0.5, 0.6) is 0 Å². The first kappa shape index (κ1) is 9.68. The summed E-state index contributed by atoms with van der Waals surface area (Å²) in [7, 11) is 0. The van der Waals surface area contributed by atoms with E-state index in [2.05, 4.69) is 22.5 Å². The lowest BCUT2D eigenvalue weighted by atomic mass is 10.3. The summed E-state index contributed by atoms with van der Waals surface area (Å²) in [5.41, 5.74) is 0.975. The minimum Gasteiger partial charge on any atom is -0.295 e. The van der Waals surface area contributed by atoms with Gasteiger partial charge in [0.1, 0.15) is 0 Å². The number of allylic oxidation sites excluding steroid dienone is 1. The van der Waals surface area contributed by atoms with Crippen molar-refractivity contribution >= 4 is 37.5 Å². The molecule has 0 radical (unpaired) electrons. The van der Waals surface area contributed by atoms with Crippen molar-refractivity contribution in [1.82, 2.24) is 4.57 Å². The third kappa shape index (κ3) is 1.55. The maximum absolute atomic E-state index is 11.6. The first-order valence-electron chi connectivity index (χ1n) is 4.12. The van der Waals surface area contributed by atoms with Crippen molar-refractivity contribution in [1.29, 1.82) is 0 Å². The maximum atomic E-state index is 11.6. The monoisotopic (exact) mass is 269 g/mol. The average molecular weight is 270 g/mol. The first-order valence-corrected chi connectivity index (χ1v) is 5.73. The Morgan fingerprint density at radius 2 is 2.36 bits per heavy atom. The SMILES string of the molecule is C=CCn1c(=O)sc2cc(Br)ccc21. The summed E-state index contributed by atoms with van der Waals surface area (Å²) in [5, 5.41) is 0. The van der Waals surface area contributed by atoms with E-state index < -0.39 is 0 Å². The maximum Gasteiger partial charge on any atom is 0.308 e. The van der Waals surface area contributed by atoms with Gasteiger partial charge >= 0.3 is 4.87 Å². The molecular formula is C10H8BrNOS. The Balaban J connectivity index is 2.76. The molecule has 0 aliphatic carbocycles. The number of aromatic nitrogens is 1. The molecule has 1 aromatic heterocycles. The van der Waals surface area contributed by atoms with Crippen LogP contribution >= 0.6 is 27.3 Å². The number of halogens is 1. The van der Waals surface area contributed by atoms with Gasteiger partial charge in [0.05, 0.1) is 10.2 Å². The van der Waals surface area contributed by atoms with Crippen LogP contribution in [-0.4, -0.2) is 4.57 Å². The van der Waals surface area contributed by atoms with Crippen molar-refractivity contribution in [3.05, 3.63) is 45.0 Å². The summed E-state index contributed by atoms with van der Waals surface area (Å²) in [6, 6.07) is 5.84. The molecule has 0 N–H and O–H groups in total. The van der Waals surface area contributed by atoms with Crippen LogP contribution in [0.3, 0.4) is 0 Å². The molecule has 2 nitrogen and oxygen atoms in total. The molecule has 2 aromatic rings. The van der Waals surface area contributed by atoms with Crippen molar-refractivity contribution in [3.63, 3.8) is 0 Å². The Bertz CT molecular complexity index is 541. The molecule has 0 fully saturated rings. The molecule has 1 heterocycles. The zero-order valence-electron chi connectivity index (χ0n) is 7.37. The highest BCUT2D eigenvalue weighted by molar-refractivity contribution is 9.10. The van der Waals surface area contributed by atoms with Gasteiger partial charge in [0.2, 0.25) is 0 Å². The summed E-state index contributed by atoms with van der Waals surface area (Å²) in [4.78, 5) is 11.6. The molecule has 0 saturated heterocycles. The Labute approximate surface area is 93.6 Å². The molecule has 1 aromatic carbocycles. The number of benzene rings is 1. The van der Waals surface area contributed by atoms with Gasteiger partial charge in [-0.3, -0.25) is 9.36 Å². The number of nitrogens with zero attached hydrogens (tertiary/aromatic N) is 1. The fraction of sp³-hybridized carbons (Fsp3) is 0.100. The predicted molar refractivity (Wildman–Crippen MR) is 64.0 cm³/mol. The molecule has 0 spiro atoms. The fourth-order valence-electron chi connectivity index (χ4n) is 1.34. The highest BCUT2D eigenvalue weighted by atomic mass is 79.9. The van der Waals surface area contributed by atoms with Crippen LogP contribution in [0.4, 0.5) is 0 Å². The third-order valence-corrected chi connectivity index (χ3v) is 3.38. The molecule has 0 amide bonds. The second-order valence-electron chi connectivity index (χ2n) is 2.88. The Hall–Kier alpha value is -0.870. The fourth-order valence-corrected chi connectivity index (χ4v) is 2.79. The quantitative estimate of drug-likeness (QED) is 0.769. The Kier molecular flexibility index (Phi) is 2.56. The minimum absolute atomic E-state index is 0.0676. The van der Waals surface area contributed by atoms with Crippen molar-refractivity contribution in [2.24, 2.45) is 0 Å². The van der Waals surface area contributed by atoms with Crippen molar-refractivity contribution < 1.29 is 0 Å². The number of hydrogen-bond acceptors (Lipinski definition) is 2. The van der Waals surface area contributed by atoms with Gasteiger partial charge in [0.15, 0.2) is 0 Å². The van der Waals surface area contributed by atoms with E-state index in [-0.39, 0.29) is 4.87 Å². The summed E-state index contributed by atoms with van der Waals surface area (Å²) >= 11 is 4.64. The largest absolute Gasteiger partial charge is 0.308 e. The predicted octanol–water partition coefficient (Wildman–Crippen LogP) is 3.01. The van der Waals surface area contributed by atoms with E-state index in [1.165, 1.54) is 11.3 Å². The summed E-state index contributed by atoms with van der Waals surface area (Å²) in [5.74, 6) is 0. The molecule has 14 heavy (non-hydrogen) atoms. The molecule has 0 atom stereocenters. The van der Waals surface area contributed by atoms with Crippen LogP contribution in [0, 0.1) is 0 Å². The highest BCUT2D eigenvalue weighted by Gasteiger charge is 2.05. The molecule has 0 bridgehead atoms. The van der Waals surface area contributed by atoms with Gasteiger partial charge in [-0.2, -0.15) is 0 Å². The molecular weight excluding hydrogens is 262 g/mol. The second-order valence-corrected chi connectivity index (χ2v) is 4.79. The third-order valence-electron chi connectivity index (χ3n) is 1.94. The van der Waals surface area contributed by atoms with Gasteiger partial charge in [-0.25, -0.2) is 0 Å². The van der Waals surface area contributed by atoms with Gasteiger partial charge in [0, 0.05) is 11.0 Å². The van der Waals surface area contributed by atoms with Crippen LogP contribution in [0.2, 0.25) is 0 Å². The van der Waals surface area contributed by atoms with Gasteiger partial charge in [0.25, 0.3) is 0 Å². The standard InChI is InChI=1S/C10H8BrNOS/c1-2-5-12-8-4-3-7(11)6-9(8)14-10(12)13/h2-4,6H,1,5H2. The topological polar surface area (TPSA) is 22.0 Å². The van der Waals surface area contributed by atoms with E-state index in [0.29, 0.717) is 6.54 Å². The molecule has 2 rings (SSSR count). The van der Waals surface area contributed by atoms with E-state index in [4.69, 9.17) is 0 Å². The molecule has 72 valence electrons. The van der Waals surface area contributed by atoms with E-state index in [0.717, 1.165) is 14.7 Å². The summed E-state index contributed by atoms with van der Waals surface area (Å²) < 4.78 is 3.72. The van der Waals surface area contributed by atoms with Gasteiger partial charge in [-0.1, -0.05) is 33.3 Å². The molecule has 0 aliphatic heterocycles. The van der Waals surface area contributed by atoms with Gasteiger partial charge in [-0.15, -0.1) is 6.58 Å². The van der Waals surface area contributed by atoms with E-state index in [1.807, 2.05) is 18.2 Å². The number of rotatable bonds is 2. The zero-order chi connectivity index (χ0) is 10.1. The van der Waals surface area contributed by atoms with Crippen LogP contribution < -0.4 is 4.87 Å². The number of hydrogen-bond donors (Lipinski definition) is 0. The van der Waals surface area contributed by atoms with Crippen molar-refractivity contribution in [2.45, 2.75) is 6.54 Å². The van der Waals surface area contributed by atoms with Gasteiger partial charge < -0.3 is 0 Å². The molecule has 0 unspecified atom stereocenters. The lowest BCUT2D eigenvalue weighted by Crippen LogP contribution is -2.10. The number of thiazole rings is 1.